The van der Waals surface area contributed by atoms with Gasteiger partial charge in [0.05, 0.1) is 13.2 Å². The van der Waals surface area contributed by atoms with Crippen LogP contribution >= 0.6 is 11.8 Å². The number of nitrogens with zero attached hydrogens (tertiary/aromatic N) is 4. The maximum absolute atomic E-state index is 13.9. The molecule has 11 nitrogen and oxygen atoms in total. The van der Waals surface area contributed by atoms with Gasteiger partial charge in [0.15, 0.2) is 5.16 Å². The van der Waals surface area contributed by atoms with E-state index >= 15 is 0 Å². The highest BCUT2D eigenvalue weighted by Gasteiger charge is 2.27. The van der Waals surface area contributed by atoms with Gasteiger partial charge in [-0.2, -0.15) is 15.0 Å². The molecule has 1 atom stereocenters. The molecule has 0 fully saturated rings. The maximum atomic E-state index is 13.9. The van der Waals surface area contributed by atoms with Gasteiger partial charge in [-0.15, -0.1) is 0 Å². The zero-order chi connectivity index (χ0) is 30.9. The third kappa shape index (κ3) is 10.5. The lowest BCUT2D eigenvalue weighted by molar-refractivity contribution is -0.120. The number of aromatic nitrogens is 3. The van der Waals surface area contributed by atoms with Crippen molar-refractivity contribution in [1.29, 1.82) is 0 Å². The van der Waals surface area contributed by atoms with Crippen LogP contribution < -0.4 is 26.0 Å². The predicted octanol–water partition coefficient (Wildman–Crippen LogP) is 5.15. The highest BCUT2D eigenvalue weighted by atomic mass is 32.2. The monoisotopic (exact) mass is 599 g/mol. The lowest BCUT2D eigenvalue weighted by Crippen LogP contribution is -2.48. The molecule has 0 saturated carbocycles. The molecule has 0 bridgehead atoms. The largest absolute Gasteiger partial charge is 0.497 e. The number of benzene rings is 2. The SMILES string of the molecule is COc1ccc(Sc2nc(Nc3cccc(F)c3)nc(N(CCNC(=O)OC(C)(C)C)C(=O)[C@@H](N)CC(C)C)n2)cc1. The molecule has 2 amide bonds. The van der Waals surface area contributed by atoms with Crippen LogP contribution in [0.15, 0.2) is 58.6 Å². The molecule has 0 unspecified atom stereocenters. The van der Waals surface area contributed by atoms with Gasteiger partial charge in [0.2, 0.25) is 17.8 Å². The second kappa shape index (κ2) is 14.8. The van der Waals surface area contributed by atoms with Gasteiger partial charge in [-0.3, -0.25) is 9.69 Å². The van der Waals surface area contributed by atoms with E-state index in [1.807, 2.05) is 26.0 Å². The van der Waals surface area contributed by atoms with Gasteiger partial charge in [-0.05, 0) is 87.3 Å². The quantitative estimate of drug-likeness (QED) is 0.256. The van der Waals surface area contributed by atoms with E-state index < -0.39 is 29.5 Å². The molecule has 0 spiro atoms. The topological polar surface area (TPSA) is 145 Å². The molecule has 2 aromatic carbocycles. The maximum Gasteiger partial charge on any atom is 0.407 e. The summed E-state index contributed by atoms with van der Waals surface area (Å²) in [6, 6.07) is 12.3. The summed E-state index contributed by atoms with van der Waals surface area (Å²) in [5.74, 6) is 0.116. The van der Waals surface area contributed by atoms with Crippen LogP contribution in [0.5, 0.6) is 5.75 Å². The smallest absolute Gasteiger partial charge is 0.407 e. The standard InChI is InChI=1S/C29H38FN7O4S/c1-18(2)16-23(31)24(38)37(15-14-32-28(39)41-29(3,4)5)26-34-25(33-20-9-7-8-19(30)17-20)35-27(36-26)42-22-12-10-21(40-6)11-13-22/h7-13,17-18,23H,14-16,31H2,1-6H3,(H,32,39)(H,33,34,35,36)/t23-/m0/s1. The Morgan fingerprint density at radius 2 is 1.81 bits per heavy atom. The van der Waals surface area contributed by atoms with Crippen molar-refractivity contribution in [1.82, 2.24) is 20.3 Å². The van der Waals surface area contributed by atoms with Crippen molar-refractivity contribution in [3.8, 4) is 5.75 Å². The number of hydrogen-bond donors (Lipinski definition) is 3. The first-order valence-corrected chi connectivity index (χ1v) is 14.3. The number of carbonyl (C=O) groups is 2. The molecular weight excluding hydrogens is 561 g/mol. The van der Waals surface area contributed by atoms with Crippen molar-refractivity contribution in [2.75, 3.05) is 30.4 Å². The van der Waals surface area contributed by atoms with Crippen LogP contribution in [0.1, 0.15) is 41.0 Å². The highest BCUT2D eigenvalue weighted by molar-refractivity contribution is 7.99. The van der Waals surface area contributed by atoms with Gasteiger partial charge in [-0.25, -0.2) is 9.18 Å². The molecule has 226 valence electrons. The molecule has 0 aliphatic carbocycles. The minimum Gasteiger partial charge on any atom is -0.497 e. The Labute approximate surface area is 249 Å². The van der Waals surface area contributed by atoms with Crippen LogP contribution in [0, 0.1) is 11.7 Å². The number of anilines is 3. The summed E-state index contributed by atoms with van der Waals surface area (Å²) in [6.07, 6.45) is -0.192. The Balaban J connectivity index is 1.98. The third-order valence-corrected chi connectivity index (χ3v) is 6.38. The van der Waals surface area contributed by atoms with Gasteiger partial charge < -0.3 is 25.8 Å². The van der Waals surface area contributed by atoms with Gasteiger partial charge >= 0.3 is 6.09 Å². The second-order valence-corrected chi connectivity index (χ2v) is 11.8. The lowest BCUT2D eigenvalue weighted by atomic mass is 10.0. The van der Waals surface area contributed by atoms with Gasteiger partial charge in [-0.1, -0.05) is 19.9 Å². The Kier molecular flexibility index (Phi) is 11.5. The Morgan fingerprint density at radius 1 is 1.10 bits per heavy atom. The van der Waals surface area contributed by atoms with E-state index in [1.54, 1.807) is 52.1 Å². The van der Waals surface area contributed by atoms with Gasteiger partial charge in [0.25, 0.3) is 0 Å². The fraction of sp³-hybridized carbons (Fsp3) is 0.414. The van der Waals surface area contributed by atoms with Crippen LogP contribution in [-0.4, -0.2) is 58.8 Å². The summed E-state index contributed by atoms with van der Waals surface area (Å²) < 4.78 is 24.4. The summed E-state index contributed by atoms with van der Waals surface area (Å²) in [5.41, 5.74) is 6.02. The highest BCUT2D eigenvalue weighted by Crippen LogP contribution is 2.29. The summed E-state index contributed by atoms with van der Waals surface area (Å²) in [5, 5.41) is 5.93. The number of methoxy groups -OCH3 is 1. The van der Waals surface area contributed by atoms with E-state index in [9.17, 15) is 14.0 Å². The predicted molar refractivity (Wildman–Crippen MR) is 161 cm³/mol. The van der Waals surface area contributed by atoms with E-state index in [0.29, 0.717) is 17.9 Å². The molecule has 0 aliphatic heterocycles. The number of rotatable bonds is 12. The third-order valence-electron chi connectivity index (χ3n) is 5.51. The number of amides is 2. The second-order valence-electron chi connectivity index (χ2n) is 10.8. The van der Waals surface area contributed by atoms with Crippen molar-refractivity contribution < 1.29 is 23.5 Å². The van der Waals surface area contributed by atoms with E-state index in [0.717, 1.165) is 4.90 Å². The molecule has 1 heterocycles. The number of alkyl carbamates (subject to hydrolysis) is 1. The molecule has 4 N–H and O–H groups in total. The Hall–Kier alpha value is -3.97. The first kappa shape index (κ1) is 32.5. The van der Waals surface area contributed by atoms with Crippen molar-refractivity contribution in [2.24, 2.45) is 11.7 Å². The number of ether oxygens (including phenoxy) is 2. The van der Waals surface area contributed by atoms with Crippen LogP contribution in [0.2, 0.25) is 0 Å². The van der Waals surface area contributed by atoms with Crippen molar-refractivity contribution in [2.45, 2.75) is 62.7 Å². The first-order valence-electron chi connectivity index (χ1n) is 13.5. The molecule has 0 radical (unpaired) electrons. The van der Waals surface area contributed by atoms with Gasteiger partial charge in [0.1, 0.15) is 17.2 Å². The van der Waals surface area contributed by atoms with Crippen molar-refractivity contribution in [3.63, 3.8) is 0 Å². The minimum absolute atomic E-state index is 0.0138. The molecular formula is C29H38FN7O4S. The zero-order valence-electron chi connectivity index (χ0n) is 24.7. The van der Waals surface area contributed by atoms with Crippen LogP contribution in [-0.2, 0) is 9.53 Å². The first-order chi connectivity index (χ1) is 19.8. The fourth-order valence-electron chi connectivity index (χ4n) is 3.71. The van der Waals surface area contributed by atoms with Crippen LogP contribution in [0.25, 0.3) is 0 Å². The van der Waals surface area contributed by atoms with E-state index in [4.69, 9.17) is 15.2 Å². The summed E-state index contributed by atoms with van der Waals surface area (Å²) in [6.45, 7) is 9.27. The van der Waals surface area contributed by atoms with Crippen LogP contribution in [0.4, 0.5) is 26.8 Å². The number of carbonyl (C=O) groups excluding carboxylic acids is 2. The Bertz CT molecular complexity index is 1350. The van der Waals surface area contributed by atoms with Crippen molar-refractivity contribution >= 4 is 41.3 Å². The molecule has 3 rings (SSSR count). The number of nitrogens with one attached hydrogen (secondary N) is 2. The number of hydrogen-bond acceptors (Lipinski definition) is 10. The van der Waals surface area contributed by atoms with Gasteiger partial charge in [0, 0.05) is 23.7 Å². The normalized spacial score (nSPS) is 12.0. The molecule has 42 heavy (non-hydrogen) atoms. The molecule has 13 heteroatoms. The average Bonchev–Trinajstić information content (AvgIpc) is 2.89. The number of halogens is 1. The molecule has 1 aromatic heterocycles. The fourth-order valence-corrected chi connectivity index (χ4v) is 4.46. The molecule has 3 aromatic rings. The van der Waals surface area contributed by atoms with E-state index in [2.05, 4.69) is 25.6 Å². The minimum atomic E-state index is -0.833. The summed E-state index contributed by atoms with van der Waals surface area (Å²) in [7, 11) is 1.58. The Morgan fingerprint density at radius 3 is 2.43 bits per heavy atom. The van der Waals surface area contributed by atoms with Crippen molar-refractivity contribution in [3.05, 3.63) is 54.3 Å². The van der Waals surface area contributed by atoms with Crippen LogP contribution in [0.3, 0.4) is 0 Å². The lowest BCUT2D eigenvalue weighted by Gasteiger charge is -2.26. The molecule has 0 saturated heterocycles. The van der Waals surface area contributed by atoms with E-state index in [-0.39, 0.29) is 36.1 Å². The molecule has 0 aliphatic rings. The zero-order valence-corrected chi connectivity index (χ0v) is 25.5. The number of nitrogens with two attached hydrogens (primary N) is 1. The van der Waals surface area contributed by atoms with E-state index in [1.165, 1.54) is 28.8 Å². The average molecular weight is 600 g/mol. The summed E-state index contributed by atoms with van der Waals surface area (Å²) >= 11 is 1.24. The summed E-state index contributed by atoms with van der Waals surface area (Å²) in [4.78, 5) is 41.5.